The van der Waals surface area contributed by atoms with Gasteiger partial charge in [-0.25, -0.2) is 4.79 Å². The molecule has 0 aromatic heterocycles. The Labute approximate surface area is 170 Å². The summed E-state index contributed by atoms with van der Waals surface area (Å²) in [4.78, 5) is 27.9. The van der Waals surface area contributed by atoms with E-state index in [0.29, 0.717) is 25.2 Å². The predicted octanol–water partition coefficient (Wildman–Crippen LogP) is 4.16. The topological polar surface area (TPSA) is 52.7 Å². The summed E-state index contributed by atoms with van der Waals surface area (Å²) in [6.07, 6.45) is 0. The van der Waals surface area contributed by atoms with E-state index in [1.54, 1.807) is 29.0 Å². The molecule has 1 fully saturated rings. The Hall–Kier alpha value is -3.60. The average Bonchev–Trinajstić information content (AvgIpc) is 3.20. The van der Waals surface area contributed by atoms with Crippen LogP contribution in [0.25, 0.3) is 11.1 Å². The van der Waals surface area contributed by atoms with E-state index >= 15 is 0 Å². The maximum Gasteiger partial charge on any atom is 0.321 e. The molecule has 3 aromatic rings. The van der Waals surface area contributed by atoms with E-state index in [2.05, 4.69) is 41.7 Å². The Kier molecular flexibility index (Phi) is 5.29. The fourth-order valence-electron chi connectivity index (χ4n) is 3.50. The number of anilines is 1. The fraction of sp³-hybridized carbons (Fsp3) is 0.167. The fourth-order valence-corrected chi connectivity index (χ4v) is 3.50. The predicted molar refractivity (Wildman–Crippen MR) is 115 cm³/mol. The molecule has 1 aliphatic rings. The molecule has 0 radical (unpaired) electrons. The first kappa shape index (κ1) is 18.7. The van der Waals surface area contributed by atoms with Crippen molar-refractivity contribution in [3.63, 3.8) is 0 Å². The zero-order chi connectivity index (χ0) is 20.2. The van der Waals surface area contributed by atoms with Gasteiger partial charge in [0.15, 0.2) is 0 Å². The number of rotatable bonds is 5. The number of nitrogens with one attached hydrogen (secondary N) is 1. The minimum absolute atomic E-state index is 0.0467. The third-order valence-electron chi connectivity index (χ3n) is 5.11. The van der Waals surface area contributed by atoms with Crippen molar-refractivity contribution < 1.29 is 9.59 Å². The summed E-state index contributed by atoms with van der Waals surface area (Å²) in [5.74, 6) is -0.0467. The van der Waals surface area contributed by atoms with Gasteiger partial charge in [-0.05, 0) is 41.0 Å². The van der Waals surface area contributed by atoms with Crippen molar-refractivity contribution >= 4 is 17.6 Å². The molecule has 1 aliphatic heterocycles. The van der Waals surface area contributed by atoms with Gasteiger partial charge in [0.2, 0.25) is 0 Å². The molecule has 4 rings (SSSR count). The van der Waals surface area contributed by atoms with Gasteiger partial charge in [0.25, 0.3) is 5.91 Å². The second kappa shape index (κ2) is 8.19. The number of nitrogens with zero attached hydrogens (tertiary/aromatic N) is 2. The second-order valence-corrected chi connectivity index (χ2v) is 7.15. The van der Waals surface area contributed by atoms with Crippen molar-refractivity contribution in [3.05, 3.63) is 90.0 Å². The van der Waals surface area contributed by atoms with Gasteiger partial charge in [0.05, 0.1) is 0 Å². The first-order chi connectivity index (χ1) is 14.1. The van der Waals surface area contributed by atoms with Crippen LogP contribution < -0.4 is 10.2 Å². The lowest BCUT2D eigenvalue weighted by Crippen LogP contribution is -2.28. The van der Waals surface area contributed by atoms with E-state index in [4.69, 9.17) is 0 Å². The number of hydrogen-bond donors (Lipinski definition) is 1. The highest BCUT2D eigenvalue weighted by molar-refractivity contribution is 5.96. The number of hydrogen-bond acceptors (Lipinski definition) is 2. The quantitative estimate of drug-likeness (QED) is 0.717. The minimum Gasteiger partial charge on any atom is -0.337 e. The molecule has 0 saturated carbocycles. The molecule has 1 saturated heterocycles. The number of urea groups is 1. The lowest BCUT2D eigenvalue weighted by atomic mass is 10.0. The highest BCUT2D eigenvalue weighted by atomic mass is 16.2. The molecular weight excluding hydrogens is 362 g/mol. The zero-order valence-corrected chi connectivity index (χ0v) is 16.3. The van der Waals surface area contributed by atoms with Gasteiger partial charge in [0, 0.05) is 37.9 Å². The standard InChI is InChI=1S/C24H23N3O2/c1-26(17-18-7-9-20(10-8-18)19-5-3-2-4-6-19)23(28)21-11-13-22(14-12-21)27-16-15-25-24(27)29/h2-14H,15-17H2,1H3,(H,25,29). The third-order valence-corrected chi connectivity index (χ3v) is 5.11. The van der Waals surface area contributed by atoms with Crippen LogP contribution in [0.4, 0.5) is 10.5 Å². The average molecular weight is 385 g/mol. The molecule has 146 valence electrons. The van der Waals surface area contributed by atoms with Gasteiger partial charge in [-0.1, -0.05) is 54.6 Å². The Bertz CT molecular complexity index is 999. The molecule has 0 aliphatic carbocycles. The monoisotopic (exact) mass is 385 g/mol. The zero-order valence-electron chi connectivity index (χ0n) is 16.3. The smallest absolute Gasteiger partial charge is 0.321 e. The Morgan fingerprint density at radius 1 is 0.931 bits per heavy atom. The van der Waals surface area contributed by atoms with Crippen molar-refractivity contribution in [1.29, 1.82) is 0 Å². The number of amides is 3. The first-order valence-corrected chi connectivity index (χ1v) is 9.67. The molecule has 29 heavy (non-hydrogen) atoms. The molecule has 3 amide bonds. The van der Waals surface area contributed by atoms with E-state index < -0.39 is 0 Å². The van der Waals surface area contributed by atoms with Crippen molar-refractivity contribution in [2.75, 3.05) is 25.0 Å². The van der Waals surface area contributed by atoms with Crippen LogP contribution in [0.3, 0.4) is 0 Å². The van der Waals surface area contributed by atoms with Crippen LogP contribution in [0.15, 0.2) is 78.9 Å². The second-order valence-electron chi connectivity index (χ2n) is 7.15. The van der Waals surface area contributed by atoms with Gasteiger partial charge in [-0.3, -0.25) is 9.69 Å². The highest BCUT2D eigenvalue weighted by Gasteiger charge is 2.21. The summed E-state index contributed by atoms with van der Waals surface area (Å²) in [7, 11) is 1.80. The van der Waals surface area contributed by atoms with Crippen LogP contribution in [0.5, 0.6) is 0 Å². The maximum absolute atomic E-state index is 12.8. The lowest BCUT2D eigenvalue weighted by molar-refractivity contribution is 0.0785. The van der Waals surface area contributed by atoms with Crippen LogP contribution in [0.2, 0.25) is 0 Å². The molecule has 5 heteroatoms. The molecule has 0 unspecified atom stereocenters. The van der Waals surface area contributed by atoms with Crippen molar-refractivity contribution in [2.24, 2.45) is 0 Å². The van der Waals surface area contributed by atoms with E-state index in [1.165, 1.54) is 5.56 Å². The third kappa shape index (κ3) is 4.14. The molecule has 1 heterocycles. The summed E-state index contributed by atoms with van der Waals surface area (Å²) in [5.41, 5.74) is 4.82. The minimum atomic E-state index is -0.0971. The first-order valence-electron chi connectivity index (χ1n) is 9.67. The van der Waals surface area contributed by atoms with E-state index in [0.717, 1.165) is 16.8 Å². The Balaban J connectivity index is 1.41. The molecule has 5 nitrogen and oxygen atoms in total. The summed E-state index contributed by atoms with van der Waals surface area (Å²) in [5, 5.41) is 2.78. The van der Waals surface area contributed by atoms with Gasteiger partial charge in [0.1, 0.15) is 0 Å². The summed E-state index contributed by atoms with van der Waals surface area (Å²) in [6.45, 7) is 1.82. The normalized spacial score (nSPS) is 13.3. The molecular formula is C24H23N3O2. The molecule has 0 bridgehead atoms. The maximum atomic E-state index is 12.8. The lowest BCUT2D eigenvalue weighted by Gasteiger charge is -2.19. The Morgan fingerprint density at radius 2 is 1.59 bits per heavy atom. The summed E-state index contributed by atoms with van der Waals surface area (Å²) >= 11 is 0. The highest BCUT2D eigenvalue weighted by Crippen LogP contribution is 2.21. The van der Waals surface area contributed by atoms with Crippen LogP contribution in [-0.4, -0.2) is 37.0 Å². The summed E-state index contributed by atoms with van der Waals surface area (Å²) in [6, 6.07) is 25.6. The van der Waals surface area contributed by atoms with Gasteiger partial charge in [-0.15, -0.1) is 0 Å². The van der Waals surface area contributed by atoms with E-state index in [-0.39, 0.29) is 11.9 Å². The Morgan fingerprint density at radius 3 is 2.21 bits per heavy atom. The van der Waals surface area contributed by atoms with Gasteiger partial charge in [-0.2, -0.15) is 0 Å². The van der Waals surface area contributed by atoms with E-state index in [1.807, 2.05) is 30.3 Å². The number of benzene rings is 3. The van der Waals surface area contributed by atoms with Gasteiger partial charge < -0.3 is 10.2 Å². The molecule has 3 aromatic carbocycles. The van der Waals surface area contributed by atoms with Crippen LogP contribution in [0, 0.1) is 0 Å². The van der Waals surface area contributed by atoms with Crippen LogP contribution in [0.1, 0.15) is 15.9 Å². The number of carbonyl (C=O) groups excluding carboxylic acids is 2. The molecule has 1 N–H and O–H groups in total. The van der Waals surface area contributed by atoms with Crippen molar-refractivity contribution in [3.8, 4) is 11.1 Å². The largest absolute Gasteiger partial charge is 0.337 e. The van der Waals surface area contributed by atoms with E-state index in [9.17, 15) is 9.59 Å². The molecule has 0 spiro atoms. The van der Waals surface area contributed by atoms with Crippen LogP contribution in [-0.2, 0) is 6.54 Å². The van der Waals surface area contributed by atoms with Gasteiger partial charge >= 0.3 is 6.03 Å². The molecule has 0 atom stereocenters. The SMILES string of the molecule is CN(Cc1ccc(-c2ccccc2)cc1)C(=O)c1ccc(N2CCNC2=O)cc1. The summed E-state index contributed by atoms with van der Waals surface area (Å²) < 4.78 is 0. The number of carbonyl (C=O) groups is 2. The van der Waals surface area contributed by atoms with Crippen LogP contribution >= 0.6 is 0 Å². The van der Waals surface area contributed by atoms with Crippen molar-refractivity contribution in [2.45, 2.75) is 6.54 Å². The van der Waals surface area contributed by atoms with Crippen molar-refractivity contribution in [1.82, 2.24) is 10.2 Å².